The van der Waals surface area contributed by atoms with E-state index >= 15 is 0 Å². The van der Waals surface area contributed by atoms with Crippen molar-refractivity contribution in [1.82, 2.24) is 9.80 Å². The van der Waals surface area contributed by atoms with E-state index in [0.717, 1.165) is 107 Å². The Morgan fingerprint density at radius 3 is 0.750 bits per heavy atom. The van der Waals surface area contributed by atoms with Crippen molar-refractivity contribution >= 4 is 158 Å². The van der Waals surface area contributed by atoms with Crippen LogP contribution in [-0.4, -0.2) is 95.7 Å². The summed E-state index contributed by atoms with van der Waals surface area (Å²) in [6.07, 6.45) is 58.1. The zero-order chi connectivity index (χ0) is 76.3. The summed E-state index contributed by atoms with van der Waals surface area (Å²) in [7, 11) is 4.23. The van der Waals surface area contributed by atoms with Crippen molar-refractivity contribution in [3.63, 3.8) is 0 Å². The van der Waals surface area contributed by atoms with Crippen LogP contribution in [0.4, 0.5) is 0 Å². The number of likely N-dealkylation sites (N-methyl/N-ethyl adjacent to an activating group) is 2. The fraction of sp³-hybridized carbons (Fsp3) is 0.726. The Bertz CT molecular complexity index is 2960. The summed E-state index contributed by atoms with van der Waals surface area (Å²) in [4.78, 5) is 83.9. The first-order chi connectivity index (χ1) is 49.4. The number of carbonyl (C=O) groups excluding carboxylic acids is 6. The number of fused-ring (bicyclic) bond motifs is 6. The smallest absolute Gasteiger partial charge is 0.343 e. The summed E-state index contributed by atoms with van der Waals surface area (Å²) in [6.45, 7) is 30.6. The molecule has 20 heteroatoms. The second-order valence-corrected chi connectivity index (χ2v) is 49.0. The molecule has 0 aromatic carbocycles. The Hall–Kier alpha value is -1.37. The summed E-state index contributed by atoms with van der Waals surface area (Å²) < 4.78 is 7.68. The van der Waals surface area contributed by atoms with Gasteiger partial charge < -0.3 is 16.7 Å². The van der Waals surface area contributed by atoms with Gasteiger partial charge in [0.25, 0.3) is 0 Å². The summed E-state index contributed by atoms with van der Waals surface area (Å²) >= 11 is 17.8. The van der Waals surface area contributed by atoms with Crippen LogP contribution in [-0.2, 0) is 35.3 Å². The Morgan fingerprint density at radius 2 is 0.548 bits per heavy atom. The van der Waals surface area contributed by atoms with E-state index in [-0.39, 0.29) is 42.0 Å². The van der Waals surface area contributed by atoms with Crippen LogP contribution >= 0.6 is 90.0 Å². The van der Waals surface area contributed by atoms with Gasteiger partial charge in [-0.05, 0) is 114 Å². The molecule has 2 amide bonds. The molecule has 0 saturated carbocycles. The van der Waals surface area contributed by atoms with E-state index in [1.165, 1.54) is 267 Å². The molecule has 4 aromatic rings. The van der Waals surface area contributed by atoms with Crippen molar-refractivity contribution < 1.29 is 47.6 Å². The fourth-order valence-corrected chi connectivity index (χ4v) is 25.7. The van der Waals surface area contributed by atoms with Gasteiger partial charge in [0.05, 0.1) is 43.2 Å². The molecule has 0 N–H and O–H groups in total. The van der Waals surface area contributed by atoms with Crippen LogP contribution in [0, 0.1) is 6.92 Å². The van der Waals surface area contributed by atoms with E-state index in [4.69, 9.17) is 0 Å². The predicted molar refractivity (Wildman–Crippen MR) is 469 cm³/mol. The topological polar surface area (TPSA) is 121 Å². The zero-order valence-corrected chi connectivity index (χ0v) is 77.2. The molecule has 0 spiro atoms. The summed E-state index contributed by atoms with van der Waals surface area (Å²) in [6, 6.07) is 0. The van der Waals surface area contributed by atoms with Crippen molar-refractivity contribution in [1.29, 1.82) is 0 Å². The number of rotatable bonds is 47. The molecule has 2 aliphatic carbocycles. The number of halogens is 2. The van der Waals surface area contributed by atoms with Crippen molar-refractivity contribution in [3.8, 4) is 19.5 Å². The Kier molecular flexibility index (Phi) is 53.1. The standard InChI is InChI=1S/C40H68O2S2Si2.C34H50Br2O2S2.C6H10N2O2.C4H9.BHNS.Li/c1-9-11-13-15-17-19-21-23-25-27-29-31-33-35(41)36(42)34-32(30-28-26-24-22-20-18-16-14-12-10-2)40(46(6,7)8)44-38(34)37(33)43-39(31)45(3,4)5;1-3-5-7-9-11-13-15-17-19-21-23-25-27-29(37)30(38)28-26(34(36)40-32(28)31(27)39-33(25)35)24-22-20-18-16-14-12-10-8-6-4-2;1-7-3-4-8(2)6(10)5(7)9;1-3-4-2;1-2-3;/h9-30H2,1-8H3;3-24H2,1-2H3;3-4H2,1-2H3;1,3-4H2,2H3;3H;/q;;;-1;;+1. The first-order valence-corrected chi connectivity index (χ1v) is 53.1. The number of ketones is 4. The van der Waals surface area contributed by atoms with Crippen molar-refractivity contribution in [3.05, 3.63) is 59.0 Å². The number of unbranched alkanes of at least 4 members (excludes halogenated alkanes) is 37. The average molecular weight is 1680 g/mol. The molecular formula is C84H138BBr2LiN3O6S5Si2. The van der Waals surface area contributed by atoms with Crippen molar-refractivity contribution in [2.75, 3.05) is 27.2 Å². The minimum atomic E-state index is -1.69. The van der Waals surface area contributed by atoms with Crippen LogP contribution < -0.4 is 27.9 Å². The largest absolute Gasteiger partial charge is 1.00 e. The normalized spacial score (nSPS) is 13.2. The van der Waals surface area contributed by atoms with Crippen LogP contribution in [0.25, 0.3) is 19.5 Å². The summed E-state index contributed by atoms with van der Waals surface area (Å²) in [5, 5.41) is 0. The number of Topliss-reactive ketones (excluding diaryl/α,β-unsaturated/α-hetero) is 4. The quantitative estimate of drug-likeness (QED) is 0.0155. The van der Waals surface area contributed by atoms with Gasteiger partial charge in [-0.15, -0.1) is 45.3 Å². The number of piperazine rings is 1. The Morgan fingerprint density at radius 1 is 0.365 bits per heavy atom. The second kappa shape index (κ2) is 55.9. The zero-order valence-electron chi connectivity index (χ0n) is 67.9. The number of hydrogen-bond donors (Lipinski definition) is 1. The molecular weight excluding hydrogens is 1540 g/mol. The molecule has 1 saturated heterocycles. The van der Waals surface area contributed by atoms with Gasteiger partial charge >= 0.3 is 55.4 Å². The predicted octanol–water partition coefficient (Wildman–Crippen LogP) is 23.9. The number of nitrogens with zero attached hydrogens (tertiary/aromatic N) is 3. The molecule has 5 heterocycles. The third-order valence-corrected chi connectivity index (χ3v) is 34.2. The number of thiol groups is 1. The molecule has 0 atom stereocenters. The van der Waals surface area contributed by atoms with E-state index in [0.29, 0.717) is 24.2 Å². The van der Waals surface area contributed by atoms with Gasteiger partial charge in [0.2, 0.25) is 23.1 Å². The van der Waals surface area contributed by atoms with E-state index in [1.54, 1.807) is 36.8 Å². The number of amides is 2. The average Bonchev–Trinajstić information content (AvgIpc) is 1.57. The van der Waals surface area contributed by atoms with Crippen molar-refractivity contribution in [2.45, 2.75) is 369 Å². The molecule has 1 aliphatic heterocycles. The third kappa shape index (κ3) is 33.5. The third-order valence-electron chi connectivity index (χ3n) is 20.1. The molecule has 0 bridgehead atoms. The Labute approximate surface area is 688 Å². The molecule has 4 aromatic heterocycles. The second-order valence-electron chi connectivity index (χ2n) is 31.3. The van der Waals surface area contributed by atoms with E-state index in [1.807, 2.05) is 22.7 Å². The van der Waals surface area contributed by atoms with Crippen LogP contribution in [0.5, 0.6) is 0 Å². The van der Waals surface area contributed by atoms with Crippen LogP contribution in [0.15, 0.2) is 11.9 Å². The van der Waals surface area contributed by atoms with E-state index < -0.39 is 28.0 Å². The summed E-state index contributed by atoms with van der Waals surface area (Å²) in [5.41, 5.74) is 7.61. The van der Waals surface area contributed by atoms with Gasteiger partial charge in [-0.2, -0.15) is 6.42 Å². The van der Waals surface area contributed by atoms with Gasteiger partial charge in [0.1, 0.15) is 0 Å². The minimum absolute atomic E-state index is 0. The van der Waals surface area contributed by atoms with Crippen LogP contribution in [0.2, 0.25) is 39.3 Å². The van der Waals surface area contributed by atoms with Gasteiger partial charge in [-0.3, -0.25) is 28.8 Å². The molecule has 581 valence electrons. The number of carbonyl (C=O) groups is 6. The van der Waals surface area contributed by atoms with Crippen molar-refractivity contribution in [2.24, 2.45) is 4.30 Å². The fourth-order valence-electron chi connectivity index (χ4n) is 14.0. The molecule has 104 heavy (non-hydrogen) atoms. The van der Waals surface area contributed by atoms with Gasteiger partial charge in [0.15, 0.2) is 0 Å². The first kappa shape index (κ1) is 98.7. The van der Waals surface area contributed by atoms with Gasteiger partial charge in [-0.1, -0.05) is 311 Å². The summed E-state index contributed by atoms with van der Waals surface area (Å²) in [5.74, 6) is -1.80. The molecule has 1 radical (unpaired) electrons. The van der Waals surface area contributed by atoms with Gasteiger partial charge in [-0.25, -0.2) is 0 Å². The first-order valence-electron chi connectivity index (χ1n) is 40.9. The molecule has 1 fully saturated rings. The van der Waals surface area contributed by atoms with Crippen LogP contribution in [0.3, 0.4) is 0 Å². The molecule has 9 nitrogen and oxygen atoms in total. The maximum absolute atomic E-state index is 14.1. The minimum Gasteiger partial charge on any atom is -0.343 e. The monoisotopic (exact) mass is 1680 g/mol. The maximum atomic E-state index is 14.1. The molecule has 0 unspecified atom stereocenters. The molecule has 7 rings (SSSR count). The SMILES string of the molecule is CCCCCCCCCCCCc1c(Br)sc2c1C(=O)C(=O)c1c-2sc(Br)c1CCCCCCCCCCCC.CCCCCCCCCCCCc1c([Si](C)(C)C)sc2c1C(=O)C(=O)c1c-2sc([Si](C)(C)C)c1CCCCCCCCCCCC.CN1CCN(C)C(=O)C1=O.[B]=NS.[CH2-]CCC.[Li+]. The maximum Gasteiger partial charge on any atom is 1.00 e. The van der Waals surface area contributed by atoms with Crippen LogP contribution in [0.1, 0.15) is 368 Å². The number of thiophene rings is 4. The Balaban J connectivity index is 0.000000574. The van der Waals surface area contributed by atoms with E-state index in [9.17, 15) is 28.8 Å². The number of hydrogen-bond acceptors (Lipinski definition) is 12. The van der Waals surface area contributed by atoms with E-state index in [2.05, 4.69) is 137 Å². The van der Waals surface area contributed by atoms with Gasteiger partial charge in [0, 0.05) is 49.4 Å². The molecule has 3 aliphatic rings.